The summed E-state index contributed by atoms with van der Waals surface area (Å²) in [7, 11) is -3.92. The highest BCUT2D eigenvalue weighted by molar-refractivity contribution is 7.89. The van der Waals surface area contributed by atoms with Gasteiger partial charge in [-0.05, 0) is 12.1 Å². The summed E-state index contributed by atoms with van der Waals surface area (Å²) in [5.74, 6) is 0.643. The molecule has 0 atom stereocenters. The van der Waals surface area contributed by atoms with Crippen molar-refractivity contribution in [2.24, 2.45) is 5.14 Å². The van der Waals surface area contributed by atoms with E-state index in [9.17, 15) is 8.42 Å². The number of hydrogen-bond acceptors (Lipinski definition) is 5. The van der Waals surface area contributed by atoms with Gasteiger partial charge in [0.05, 0.1) is 11.5 Å². The van der Waals surface area contributed by atoms with Gasteiger partial charge in [-0.1, -0.05) is 42.5 Å². The molecule has 0 fully saturated rings. The van der Waals surface area contributed by atoms with Crippen LogP contribution in [0.25, 0.3) is 22.6 Å². The van der Waals surface area contributed by atoms with E-state index in [0.29, 0.717) is 22.9 Å². The van der Waals surface area contributed by atoms with Crippen LogP contribution >= 0.6 is 0 Å². The van der Waals surface area contributed by atoms with Gasteiger partial charge in [-0.15, -0.1) is 0 Å². The van der Waals surface area contributed by atoms with E-state index in [1.54, 1.807) is 18.2 Å². The van der Waals surface area contributed by atoms with Crippen molar-refractivity contribution in [3.63, 3.8) is 0 Å². The third-order valence-electron chi connectivity index (χ3n) is 3.48. The van der Waals surface area contributed by atoms with Crippen LogP contribution in [0.2, 0.25) is 0 Å². The van der Waals surface area contributed by atoms with E-state index in [1.165, 1.54) is 6.07 Å². The van der Waals surface area contributed by atoms with E-state index in [4.69, 9.17) is 14.7 Å². The summed E-state index contributed by atoms with van der Waals surface area (Å²) in [5.41, 5.74) is 1.63. The van der Waals surface area contributed by atoms with Crippen LogP contribution in [0, 0.1) is 0 Å². The van der Waals surface area contributed by atoms with Crippen LogP contribution in [0.5, 0.6) is 0 Å². The lowest BCUT2D eigenvalue weighted by Gasteiger charge is -2.06. The van der Waals surface area contributed by atoms with E-state index in [2.05, 4.69) is 4.98 Å². The lowest BCUT2D eigenvalue weighted by molar-refractivity contribution is 0.285. The van der Waals surface area contributed by atoms with E-state index in [-0.39, 0.29) is 17.9 Å². The molecule has 124 valence electrons. The van der Waals surface area contributed by atoms with E-state index < -0.39 is 10.0 Å². The number of nitrogens with zero attached hydrogens (tertiary/aromatic N) is 1. The molecule has 1 aromatic heterocycles. The van der Waals surface area contributed by atoms with Gasteiger partial charge in [0, 0.05) is 17.5 Å². The van der Waals surface area contributed by atoms with Crippen molar-refractivity contribution in [3.05, 3.63) is 60.5 Å². The molecular weight excluding hydrogens is 328 g/mol. The molecule has 3 aromatic rings. The van der Waals surface area contributed by atoms with Gasteiger partial charge >= 0.3 is 0 Å². The van der Waals surface area contributed by atoms with Gasteiger partial charge in [-0.3, -0.25) is 0 Å². The average Bonchev–Trinajstić information content (AvgIpc) is 2.99. The average molecular weight is 344 g/mol. The fourth-order valence-corrected chi connectivity index (χ4v) is 3.18. The molecule has 0 amide bonds. The molecule has 0 bridgehead atoms. The number of aromatic nitrogens is 1. The quantitative estimate of drug-likeness (QED) is 0.738. The van der Waals surface area contributed by atoms with Crippen molar-refractivity contribution in [3.8, 4) is 22.6 Å². The molecule has 2 aromatic carbocycles. The lowest BCUT2D eigenvalue weighted by Crippen LogP contribution is -2.13. The van der Waals surface area contributed by atoms with Crippen LogP contribution < -0.4 is 5.14 Å². The van der Waals surface area contributed by atoms with Crippen LogP contribution in [-0.2, 0) is 16.4 Å². The van der Waals surface area contributed by atoms with Crippen LogP contribution in [0.4, 0.5) is 0 Å². The third-order valence-corrected chi connectivity index (χ3v) is 4.45. The highest BCUT2D eigenvalue weighted by Crippen LogP contribution is 2.35. The number of benzene rings is 2. The Balaban J connectivity index is 2.25. The summed E-state index contributed by atoms with van der Waals surface area (Å²) in [5, 5.41) is 14.4. The number of hydrogen-bond donors (Lipinski definition) is 2. The molecule has 0 spiro atoms. The van der Waals surface area contributed by atoms with Crippen molar-refractivity contribution in [2.75, 3.05) is 6.61 Å². The van der Waals surface area contributed by atoms with E-state index in [0.717, 1.165) is 5.56 Å². The van der Waals surface area contributed by atoms with Crippen molar-refractivity contribution in [1.29, 1.82) is 0 Å². The first kappa shape index (κ1) is 16.4. The van der Waals surface area contributed by atoms with Gasteiger partial charge < -0.3 is 9.52 Å². The minimum absolute atomic E-state index is 0.0334. The first-order valence-electron chi connectivity index (χ1n) is 7.29. The number of rotatable bonds is 5. The molecule has 0 radical (unpaired) electrons. The molecule has 0 aliphatic heterocycles. The Morgan fingerprint density at radius 2 is 1.71 bits per heavy atom. The molecule has 0 saturated heterocycles. The number of aliphatic hydroxyl groups is 1. The van der Waals surface area contributed by atoms with Crippen LogP contribution in [0.1, 0.15) is 5.89 Å². The Labute approximate surface area is 139 Å². The minimum atomic E-state index is -3.92. The molecule has 24 heavy (non-hydrogen) atoms. The zero-order valence-corrected chi connectivity index (χ0v) is 13.5. The number of aliphatic hydroxyl groups excluding tert-OH is 1. The molecule has 3 rings (SSSR count). The highest BCUT2D eigenvalue weighted by Gasteiger charge is 2.22. The zero-order chi connectivity index (χ0) is 17.2. The smallest absolute Gasteiger partial charge is 0.238 e. The molecule has 0 saturated carbocycles. The number of primary sulfonamides is 1. The molecular formula is C17H16N2O4S. The molecule has 0 aliphatic rings. The number of nitrogens with two attached hydrogens (primary N) is 1. The van der Waals surface area contributed by atoms with Crippen molar-refractivity contribution in [2.45, 2.75) is 11.3 Å². The molecule has 0 aliphatic carbocycles. The maximum absolute atomic E-state index is 11.9. The first-order valence-corrected chi connectivity index (χ1v) is 8.83. The minimum Gasteiger partial charge on any atom is -0.440 e. The predicted molar refractivity (Wildman–Crippen MR) is 89.5 cm³/mol. The molecule has 3 N–H and O–H groups in total. The normalized spacial score (nSPS) is 11.6. The fourth-order valence-electron chi connectivity index (χ4n) is 2.44. The second-order valence-corrected chi connectivity index (χ2v) is 6.70. The first-order chi connectivity index (χ1) is 11.5. The summed E-state index contributed by atoms with van der Waals surface area (Å²) < 4.78 is 29.5. The van der Waals surface area contributed by atoms with E-state index in [1.807, 2.05) is 30.3 Å². The van der Waals surface area contributed by atoms with E-state index >= 15 is 0 Å². The second-order valence-electron chi connectivity index (χ2n) is 5.17. The summed E-state index contributed by atoms with van der Waals surface area (Å²) in [6.45, 7) is -0.120. The summed E-state index contributed by atoms with van der Waals surface area (Å²) in [6.07, 6.45) is 0.234. The van der Waals surface area contributed by atoms with Crippen LogP contribution in [0.3, 0.4) is 0 Å². The van der Waals surface area contributed by atoms with Crippen molar-refractivity contribution in [1.82, 2.24) is 4.98 Å². The molecule has 0 unspecified atom stereocenters. The summed E-state index contributed by atoms with van der Waals surface area (Å²) in [6, 6.07) is 15.6. The van der Waals surface area contributed by atoms with Crippen molar-refractivity contribution >= 4 is 10.0 Å². The Hall–Kier alpha value is -2.48. The summed E-state index contributed by atoms with van der Waals surface area (Å²) >= 11 is 0. The topological polar surface area (TPSA) is 106 Å². The van der Waals surface area contributed by atoms with Gasteiger partial charge in [0.1, 0.15) is 5.69 Å². The largest absolute Gasteiger partial charge is 0.440 e. The van der Waals surface area contributed by atoms with Gasteiger partial charge in [0.15, 0.2) is 11.7 Å². The van der Waals surface area contributed by atoms with Crippen LogP contribution in [0.15, 0.2) is 63.9 Å². The van der Waals surface area contributed by atoms with Crippen LogP contribution in [-0.4, -0.2) is 25.1 Å². The standard InChI is InChI=1S/C17H16N2O4S/c18-24(21,22)14-9-5-4-8-13(14)17-16(12-6-2-1-3-7-12)19-15(23-17)10-11-20/h1-9,20H,10-11H2,(H2,18,21,22). The summed E-state index contributed by atoms with van der Waals surface area (Å²) in [4.78, 5) is 4.37. The Morgan fingerprint density at radius 1 is 1.04 bits per heavy atom. The number of sulfonamides is 1. The zero-order valence-electron chi connectivity index (χ0n) is 12.7. The van der Waals surface area contributed by atoms with Gasteiger partial charge in [0.25, 0.3) is 0 Å². The van der Waals surface area contributed by atoms with Gasteiger partial charge in [0.2, 0.25) is 10.0 Å². The SMILES string of the molecule is NS(=O)(=O)c1ccccc1-c1oc(CCO)nc1-c1ccccc1. The maximum Gasteiger partial charge on any atom is 0.238 e. The molecule has 7 heteroatoms. The third kappa shape index (κ3) is 3.23. The highest BCUT2D eigenvalue weighted by atomic mass is 32.2. The second kappa shape index (κ2) is 6.56. The Bertz CT molecular complexity index is 950. The monoisotopic (exact) mass is 344 g/mol. The predicted octanol–water partition coefficient (Wildman–Crippen LogP) is 2.19. The lowest BCUT2D eigenvalue weighted by atomic mass is 10.1. The molecule has 6 nitrogen and oxygen atoms in total. The van der Waals surface area contributed by atoms with Crippen molar-refractivity contribution < 1.29 is 17.9 Å². The van der Waals surface area contributed by atoms with Gasteiger partial charge in [-0.2, -0.15) is 0 Å². The fraction of sp³-hybridized carbons (Fsp3) is 0.118. The maximum atomic E-state index is 11.9. The molecule has 1 heterocycles. The Morgan fingerprint density at radius 3 is 2.38 bits per heavy atom. The number of oxazole rings is 1. The Kier molecular flexibility index (Phi) is 4.48. The van der Waals surface area contributed by atoms with Gasteiger partial charge in [-0.25, -0.2) is 18.5 Å².